The number of aryl methyl sites for hydroxylation is 1. The van der Waals surface area contributed by atoms with Gasteiger partial charge in [-0.1, -0.05) is 30.3 Å². The molecule has 0 aliphatic rings. The zero-order chi connectivity index (χ0) is 12.1. The fraction of sp³-hybridized carbons (Fsp3) is 0.267. The second-order valence-electron chi connectivity index (χ2n) is 4.30. The summed E-state index contributed by atoms with van der Waals surface area (Å²) in [6, 6.07) is 12.2. The molecule has 0 amide bonds. The number of hydrogen-bond donors (Lipinski definition) is 1. The summed E-state index contributed by atoms with van der Waals surface area (Å²) in [5.41, 5.74) is 3.61. The van der Waals surface area contributed by atoms with Crippen molar-refractivity contribution in [1.82, 2.24) is 4.98 Å². The van der Waals surface area contributed by atoms with Gasteiger partial charge in [-0.05, 0) is 36.1 Å². The van der Waals surface area contributed by atoms with Crippen LogP contribution in [-0.4, -0.2) is 16.7 Å². The third-order valence-electron chi connectivity index (χ3n) is 3.05. The third-order valence-corrected chi connectivity index (χ3v) is 3.05. The molecule has 0 aliphatic heterocycles. The van der Waals surface area contributed by atoms with E-state index in [4.69, 9.17) is 0 Å². The van der Waals surface area contributed by atoms with Gasteiger partial charge in [0.05, 0.1) is 6.61 Å². The largest absolute Gasteiger partial charge is 0.396 e. The second kappa shape index (κ2) is 5.60. The normalized spacial score (nSPS) is 12.4. The average molecular weight is 227 g/mol. The summed E-state index contributed by atoms with van der Waals surface area (Å²) in [5.74, 6) is 0.153. The maximum Gasteiger partial charge on any atom is 0.0503 e. The van der Waals surface area contributed by atoms with Crippen LogP contribution in [0.3, 0.4) is 0 Å². The van der Waals surface area contributed by atoms with Crippen LogP contribution in [-0.2, 0) is 6.42 Å². The number of aliphatic hydroxyl groups excluding tert-OH is 1. The molecule has 0 bridgehead atoms. The Kier molecular flexibility index (Phi) is 3.89. The van der Waals surface area contributed by atoms with Gasteiger partial charge in [0.2, 0.25) is 0 Å². The van der Waals surface area contributed by atoms with Crippen molar-refractivity contribution in [2.24, 2.45) is 0 Å². The first-order chi connectivity index (χ1) is 8.31. The molecule has 17 heavy (non-hydrogen) atoms. The van der Waals surface area contributed by atoms with Gasteiger partial charge in [0.15, 0.2) is 0 Å². The minimum Gasteiger partial charge on any atom is -0.396 e. The van der Waals surface area contributed by atoms with E-state index in [0.717, 1.165) is 12.0 Å². The van der Waals surface area contributed by atoms with E-state index in [1.54, 1.807) is 6.20 Å². The molecule has 0 aliphatic carbocycles. The molecule has 1 unspecified atom stereocenters. The molecule has 0 saturated carbocycles. The van der Waals surface area contributed by atoms with Crippen molar-refractivity contribution in [1.29, 1.82) is 0 Å². The van der Waals surface area contributed by atoms with Crippen molar-refractivity contribution < 1.29 is 5.11 Å². The van der Waals surface area contributed by atoms with Crippen molar-refractivity contribution in [3.63, 3.8) is 0 Å². The van der Waals surface area contributed by atoms with Gasteiger partial charge in [-0.3, -0.25) is 4.98 Å². The number of nitrogens with zero attached hydrogens (tertiary/aromatic N) is 1. The van der Waals surface area contributed by atoms with Crippen molar-refractivity contribution >= 4 is 0 Å². The van der Waals surface area contributed by atoms with Gasteiger partial charge in [0.1, 0.15) is 0 Å². The Morgan fingerprint density at radius 1 is 1.18 bits per heavy atom. The standard InChI is InChI=1S/C15H17NO/c1-12-5-2-3-7-15(12)14(11-17)9-13-6-4-8-16-10-13/h2-8,10,14,17H,9,11H2,1H3. The molecule has 0 spiro atoms. The van der Waals surface area contributed by atoms with Crippen LogP contribution < -0.4 is 0 Å². The fourth-order valence-corrected chi connectivity index (χ4v) is 2.12. The predicted octanol–water partition coefficient (Wildman–Crippen LogP) is 2.71. The molecular weight excluding hydrogens is 210 g/mol. The summed E-state index contributed by atoms with van der Waals surface area (Å²) in [6.45, 7) is 2.25. The van der Waals surface area contributed by atoms with E-state index in [1.165, 1.54) is 11.1 Å². The lowest BCUT2D eigenvalue weighted by Gasteiger charge is -2.16. The Hall–Kier alpha value is -1.67. The zero-order valence-corrected chi connectivity index (χ0v) is 10.0. The first-order valence-electron chi connectivity index (χ1n) is 5.86. The lowest BCUT2D eigenvalue weighted by molar-refractivity contribution is 0.264. The van der Waals surface area contributed by atoms with Crippen LogP contribution in [0.2, 0.25) is 0 Å². The molecule has 1 aromatic heterocycles. The van der Waals surface area contributed by atoms with E-state index in [1.807, 2.05) is 30.5 Å². The summed E-state index contributed by atoms with van der Waals surface area (Å²) in [5, 5.41) is 9.54. The van der Waals surface area contributed by atoms with E-state index in [0.29, 0.717) is 0 Å². The molecule has 0 radical (unpaired) electrons. The highest BCUT2D eigenvalue weighted by Crippen LogP contribution is 2.23. The Morgan fingerprint density at radius 3 is 2.65 bits per heavy atom. The summed E-state index contributed by atoms with van der Waals surface area (Å²) in [4.78, 5) is 4.11. The van der Waals surface area contributed by atoms with Crippen LogP contribution in [0.1, 0.15) is 22.6 Å². The molecule has 2 aromatic rings. The summed E-state index contributed by atoms with van der Waals surface area (Å²) < 4.78 is 0. The number of aliphatic hydroxyl groups is 1. The van der Waals surface area contributed by atoms with Gasteiger partial charge < -0.3 is 5.11 Å². The third kappa shape index (κ3) is 2.92. The minimum atomic E-state index is 0.153. The van der Waals surface area contributed by atoms with E-state index in [-0.39, 0.29) is 12.5 Å². The van der Waals surface area contributed by atoms with E-state index in [2.05, 4.69) is 24.0 Å². The van der Waals surface area contributed by atoms with Gasteiger partial charge >= 0.3 is 0 Å². The highest BCUT2D eigenvalue weighted by Gasteiger charge is 2.13. The molecule has 2 rings (SSSR count). The molecule has 1 atom stereocenters. The monoisotopic (exact) mass is 227 g/mol. The van der Waals surface area contributed by atoms with Crippen molar-refractivity contribution in [2.75, 3.05) is 6.61 Å². The van der Waals surface area contributed by atoms with Crippen LogP contribution >= 0.6 is 0 Å². The molecular formula is C15H17NO. The maximum absolute atomic E-state index is 9.54. The molecule has 0 fully saturated rings. The topological polar surface area (TPSA) is 33.1 Å². The molecule has 0 saturated heterocycles. The molecule has 1 aromatic carbocycles. The zero-order valence-electron chi connectivity index (χ0n) is 10.0. The van der Waals surface area contributed by atoms with Gasteiger partial charge in [-0.25, -0.2) is 0 Å². The quantitative estimate of drug-likeness (QED) is 0.871. The fourth-order valence-electron chi connectivity index (χ4n) is 2.12. The first-order valence-corrected chi connectivity index (χ1v) is 5.86. The maximum atomic E-state index is 9.54. The van der Waals surface area contributed by atoms with Crippen LogP contribution in [0, 0.1) is 6.92 Å². The van der Waals surface area contributed by atoms with E-state index < -0.39 is 0 Å². The Balaban J connectivity index is 2.21. The molecule has 2 heteroatoms. The number of rotatable bonds is 4. The summed E-state index contributed by atoms with van der Waals surface area (Å²) >= 11 is 0. The van der Waals surface area contributed by atoms with Gasteiger partial charge in [-0.2, -0.15) is 0 Å². The van der Waals surface area contributed by atoms with Gasteiger partial charge in [0, 0.05) is 18.3 Å². The van der Waals surface area contributed by atoms with Crippen LogP contribution in [0.15, 0.2) is 48.8 Å². The molecule has 1 heterocycles. The highest BCUT2D eigenvalue weighted by atomic mass is 16.3. The Morgan fingerprint density at radius 2 is 2.00 bits per heavy atom. The number of benzene rings is 1. The number of aromatic nitrogens is 1. The highest BCUT2D eigenvalue weighted by molar-refractivity contribution is 5.30. The van der Waals surface area contributed by atoms with Crippen LogP contribution in [0.5, 0.6) is 0 Å². The lowest BCUT2D eigenvalue weighted by atomic mass is 9.90. The summed E-state index contributed by atoms with van der Waals surface area (Å²) in [6.07, 6.45) is 4.46. The first kappa shape index (κ1) is 11.8. The van der Waals surface area contributed by atoms with E-state index in [9.17, 15) is 5.11 Å². The average Bonchev–Trinajstić information content (AvgIpc) is 2.38. The molecule has 2 nitrogen and oxygen atoms in total. The lowest BCUT2D eigenvalue weighted by Crippen LogP contribution is -2.09. The van der Waals surface area contributed by atoms with E-state index >= 15 is 0 Å². The van der Waals surface area contributed by atoms with Crippen molar-refractivity contribution in [3.05, 3.63) is 65.5 Å². The van der Waals surface area contributed by atoms with Crippen molar-refractivity contribution in [3.8, 4) is 0 Å². The second-order valence-corrected chi connectivity index (χ2v) is 4.30. The summed E-state index contributed by atoms with van der Waals surface area (Å²) in [7, 11) is 0. The minimum absolute atomic E-state index is 0.153. The smallest absolute Gasteiger partial charge is 0.0503 e. The van der Waals surface area contributed by atoms with Crippen molar-refractivity contribution in [2.45, 2.75) is 19.3 Å². The molecule has 1 N–H and O–H groups in total. The predicted molar refractivity (Wildman–Crippen MR) is 68.9 cm³/mol. The Bertz CT molecular complexity index is 467. The number of pyridine rings is 1. The van der Waals surface area contributed by atoms with Gasteiger partial charge in [-0.15, -0.1) is 0 Å². The van der Waals surface area contributed by atoms with Crippen LogP contribution in [0.25, 0.3) is 0 Å². The van der Waals surface area contributed by atoms with Gasteiger partial charge in [0.25, 0.3) is 0 Å². The van der Waals surface area contributed by atoms with Crippen LogP contribution in [0.4, 0.5) is 0 Å². The SMILES string of the molecule is Cc1ccccc1C(CO)Cc1cccnc1. The molecule has 88 valence electrons. The number of hydrogen-bond acceptors (Lipinski definition) is 2. The Labute approximate surface area is 102 Å².